The summed E-state index contributed by atoms with van der Waals surface area (Å²) >= 11 is 1.55. The van der Waals surface area contributed by atoms with E-state index >= 15 is 0 Å². The Morgan fingerprint density at radius 1 is 1.47 bits per heavy atom. The molecular formula is C9H13N5S. The molecule has 0 spiro atoms. The summed E-state index contributed by atoms with van der Waals surface area (Å²) in [6.07, 6.45) is 4.82. The molecule has 0 aliphatic heterocycles. The summed E-state index contributed by atoms with van der Waals surface area (Å²) in [5.74, 6) is 0. The van der Waals surface area contributed by atoms with Crippen molar-refractivity contribution in [1.82, 2.24) is 20.0 Å². The van der Waals surface area contributed by atoms with Crippen molar-refractivity contribution in [1.29, 1.82) is 0 Å². The third-order valence-corrected chi connectivity index (χ3v) is 2.83. The van der Waals surface area contributed by atoms with E-state index in [0.29, 0.717) is 0 Å². The van der Waals surface area contributed by atoms with Crippen molar-refractivity contribution < 1.29 is 0 Å². The van der Waals surface area contributed by atoms with Crippen molar-refractivity contribution in [3.05, 3.63) is 12.4 Å². The van der Waals surface area contributed by atoms with Crippen molar-refractivity contribution in [2.45, 2.75) is 13.3 Å². The minimum Gasteiger partial charge on any atom is -0.360 e. The van der Waals surface area contributed by atoms with Gasteiger partial charge in [-0.15, -0.1) is 10.2 Å². The molecular weight excluding hydrogens is 210 g/mol. The first-order chi connectivity index (χ1) is 7.29. The molecule has 1 N–H and O–H groups in total. The lowest BCUT2D eigenvalue weighted by Gasteiger charge is -1.95. The van der Waals surface area contributed by atoms with Gasteiger partial charge in [0.1, 0.15) is 0 Å². The number of hydrogen-bond acceptors (Lipinski definition) is 5. The summed E-state index contributed by atoms with van der Waals surface area (Å²) in [5.41, 5.74) is 1.01. The zero-order chi connectivity index (χ0) is 10.7. The van der Waals surface area contributed by atoms with Crippen molar-refractivity contribution >= 4 is 16.5 Å². The predicted octanol–water partition coefficient (Wildman–Crippen LogP) is 1.76. The Morgan fingerprint density at radius 2 is 2.33 bits per heavy atom. The second kappa shape index (κ2) is 4.39. The predicted molar refractivity (Wildman–Crippen MR) is 60.9 cm³/mol. The molecule has 0 fully saturated rings. The highest BCUT2D eigenvalue weighted by atomic mass is 32.1. The van der Waals surface area contributed by atoms with Gasteiger partial charge >= 0.3 is 0 Å². The molecule has 15 heavy (non-hydrogen) atoms. The zero-order valence-electron chi connectivity index (χ0n) is 8.77. The van der Waals surface area contributed by atoms with Crippen LogP contribution in [0, 0.1) is 0 Å². The molecule has 0 aromatic carbocycles. The molecule has 0 saturated heterocycles. The molecule has 0 atom stereocenters. The van der Waals surface area contributed by atoms with Crippen LogP contribution in [-0.2, 0) is 7.05 Å². The maximum absolute atomic E-state index is 4.11. The number of aromatic nitrogens is 4. The smallest absolute Gasteiger partial charge is 0.206 e. The lowest BCUT2D eigenvalue weighted by Crippen LogP contribution is -1.98. The highest BCUT2D eigenvalue weighted by Gasteiger charge is 2.07. The van der Waals surface area contributed by atoms with E-state index in [9.17, 15) is 0 Å². The Kier molecular flexibility index (Phi) is 2.96. The molecule has 0 bridgehead atoms. The van der Waals surface area contributed by atoms with Crippen molar-refractivity contribution in [2.75, 3.05) is 11.9 Å². The van der Waals surface area contributed by atoms with Crippen LogP contribution < -0.4 is 5.32 Å². The van der Waals surface area contributed by atoms with E-state index in [1.165, 1.54) is 0 Å². The minimum atomic E-state index is 0.871. The molecule has 2 heterocycles. The van der Waals surface area contributed by atoms with Crippen LogP contribution in [0.4, 0.5) is 5.13 Å². The summed E-state index contributed by atoms with van der Waals surface area (Å²) in [6.45, 7) is 3.05. The first-order valence-corrected chi connectivity index (χ1v) is 5.67. The lowest BCUT2D eigenvalue weighted by molar-refractivity contribution is 0.768. The number of nitrogens with one attached hydrogen (secondary N) is 1. The summed E-state index contributed by atoms with van der Waals surface area (Å²) in [4.78, 5) is 0. The highest BCUT2D eigenvalue weighted by Crippen LogP contribution is 2.25. The van der Waals surface area contributed by atoms with Crippen LogP contribution in [0.15, 0.2) is 12.4 Å². The van der Waals surface area contributed by atoms with Crippen LogP contribution in [0.25, 0.3) is 10.6 Å². The highest BCUT2D eigenvalue weighted by molar-refractivity contribution is 7.18. The molecule has 80 valence electrons. The van der Waals surface area contributed by atoms with E-state index in [1.807, 2.05) is 13.2 Å². The Balaban J connectivity index is 2.13. The Labute approximate surface area is 92.2 Å². The quantitative estimate of drug-likeness (QED) is 0.858. The molecule has 2 aromatic rings. The van der Waals surface area contributed by atoms with Crippen molar-refractivity contribution in [2.24, 2.45) is 7.05 Å². The number of aryl methyl sites for hydroxylation is 1. The van der Waals surface area contributed by atoms with E-state index < -0.39 is 0 Å². The standard InChI is InChI=1S/C9H13N5S/c1-3-4-10-9-13-12-8(15-9)7-5-11-14(2)6-7/h5-6H,3-4H2,1-2H3,(H,10,13). The Bertz CT molecular complexity index is 433. The lowest BCUT2D eigenvalue weighted by atomic mass is 10.4. The fourth-order valence-corrected chi connectivity index (χ4v) is 1.92. The summed E-state index contributed by atoms with van der Waals surface area (Å²) in [5, 5.41) is 17.2. The largest absolute Gasteiger partial charge is 0.360 e. The van der Waals surface area contributed by atoms with E-state index in [4.69, 9.17) is 0 Å². The normalized spacial score (nSPS) is 10.5. The zero-order valence-corrected chi connectivity index (χ0v) is 9.58. The van der Waals surface area contributed by atoms with Crippen LogP contribution in [0.5, 0.6) is 0 Å². The summed E-state index contributed by atoms with van der Waals surface area (Å²) in [6, 6.07) is 0. The average molecular weight is 223 g/mol. The van der Waals surface area contributed by atoms with Gasteiger partial charge in [0, 0.05) is 19.8 Å². The van der Waals surface area contributed by atoms with E-state index in [1.54, 1.807) is 22.2 Å². The third-order valence-electron chi connectivity index (χ3n) is 1.90. The van der Waals surface area contributed by atoms with Gasteiger partial charge in [-0.25, -0.2) is 0 Å². The van der Waals surface area contributed by atoms with Gasteiger partial charge in [0.25, 0.3) is 0 Å². The Hall–Kier alpha value is -1.43. The molecule has 6 heteroatoms. The molecule has 0 unspecified atom stereocenters. The van der Waals surface area contributed by atoms with Gasteiger partial charge in [-0.05, 0) is 6.42 Å². The maximum atomic E-state index is 4.11. The molecule has 5 nitrogen and oxygen atoms in total. The molecule has 2 aromatic heterocycles. The average Bonchev–Trinajstić information content (AvgIpc) is 2.83. The maximum Gasteiger partial charge on any atom is 0.206 e. The van der Waals surface area contributed by atoms with E-state index in [0.717, 1.165) is 28.7 Å². The van der Waals surface area contributed by atoms with Crippen molar-refractivity contribution in [3.63, 3.8) is 0 Å². The number of anilines is 1. The van der Waals surface area contributed by atoms with E-state index in [-0.39, 0.29) is 0 Å². The van der Waals surface area contributed by atoms with Crippen LogP contribution in [0.3, 0.4) is 0 Å². The first-order valence-electron chi connectivity index (χ1n) is 4.86. The molecule has 0 amide bonds. The van der Waals surface area contributed by atoms with Crippen LogP contribution in [0.1, 0.15) is 13.3 Å². The number of rotatable bonds is 4. The molecule has 0 aliphatic carbocycles. The third kappa shape index (κ3) is 2.33. The monoisotopic (exact) mass is 223 g/mol. The second-order valence-corrected chi connectivity index (χ2v) is 4.22. The fourth-order valence-electron chi connectivity index (χ4n) is 1.17. The van der Waals surface area contributed by atoms with Gasteiger partial charge < -0.3 is 5.32 Å². The molecule has 0 aliphatic rings. The van der Waals surface area contributed by atoms with E-state index in [2.05, 4.69) is 27.5 Å². The van der Waals surface area contributed by atoms with Crippen molar-refractivity contribution in [3.8, 4) is 10.6 Å². The van der Waals surface area contributed by atoms with Gasteiger partial charge in [-0.3, -0.25) is 4.68 Å². The molecule has 2 rings (SSSR count). The van der Waals surface area contributed by atoms with Gasteiger partial charge in [-0.2, -0.15) is 5.10 Å². The van der Waals surface area contributed by atoms with Gasteiger partial charge in [0.15, 0.2) is 5.01 Å². The van der Waals surface area contributed by atoms with Gasteiger partial charge in [0.05, 0.1) is 11.8 Å². The topological polar surface area (TPSA) is 55.6 Å². The Morgan fingerprint density at radius 3 is 3.00 bits per heavy atom. The van der Waals surface area contributed by atoms with Gasteiger partial charge in [-0.1, -0.05) is 18.3 Å². The molecule has 0 radical (unpaired) electrons. The van der Waals surface area contributed by atoms with Crippen LogP contribution >= 0.6 is 11.3 Å². The molecule has 0 saturated carbocycles. The summed E-state index contributed by atoms with van der Waals surface area (Å²) < 4.78 is 1.76. The number of hydrogen-bond donors (Lipinski definition) is 1. The van der Waals surface area contributed by atoms with Crippen LogP contribution in [0.2, 0.25) is 0 Å². The SMILES string of the molecule is CCCNc1nnc(-c2cnn(C)c2)s1. The van der Waals surface area contributed by atoms with Crippen LogP contribution in [-0.4, -0.2) is 26.5 Å². The summed E-state index contributed by atoms with van der Waals surface area (Å²) in [7, 11) is 1.89. The fraction of sp³-hybridized carbons (Fsp3) is 0.444. The second-order valence-electron chi connectivity index (χ2n) is 3.24. The minimum absolute atomic E-state index is 0.871. The van der Waals surface area contributed by atoms with Gasteiger partial charge in [0.2, 0.25) is 5.13 Å². The number of nitrogens with zero attached hydrogens (tertiary/aromatic N) is 4. The first kappa shape index (κ1) is 10.1.